The first-order chi connectivity index (χ1) is 2.43. The van der Waals surface area contributed by atoms with Crippen LogP contribution in [0.15, 0.2) is 0 Å². The van der Waals surface area contributed by atoms with Crippen molar-refractivity contribution < 1.29 is 0 Å². The fourth-order valence-corrected chi connectivity index (χ4v) is 0.312. The molecule has 1 aliphatic carbocycles. The van der Waals surface area contributed by atoms with E-state index in [1.165, 1.54) is 18.8 Å². The summed E-state index contributed by atoms with van der Waals surface area (Å²) in [4.78, 5) is 0. The van der Waals surface area contributed by atoms with E-state index >= 15 is 0 Å². The predicted octanol–water partition coefficient (Wildman–Crippen LogP) is 1.46. The molecular weight excluding hydrogens is 60.1 g/mol. The normalized spacial score (nSPS) is 23.4. The molecule has 0 N–H and O–H groups in total. The molecular formula is C5H7. The van der Waals surface area contributed by atoms with E-state index in [9.17, 15) is 0 Å². The van der Waals surface area contributed by atoms with E-state index in [-0.39, 0.29) is 0 Å². The molecule has 0 amide bonds. The SMILES string of the molecule is CC[C]1[C]C1. The fourth-order valence-electron chi connectivity index (χ4n) is 0.312. The molecule has 0 aromatic carbocycles. The van der Waals surface area contributed by atoms with E-state index in [0.717, 1.165) is 0 Å². The lowest BCUT2D eigenvalue weighted by Gasteiger charge is -1.71. The molecule has 0 atom stereocenters. The van der Waals surface area contributed by atoms with Crippen LogP contribution in [-0.2, 0) is 0 Å². The Kier molecular flexibility index (Phi) is 0.640. The Hall–Kier alpha value is 0. The van der Waals surface area contributed by atoms with E-state index in [0.29, 0.717) is 0 Å². The Bertz CT molecular complexity index is 27.0. The minimum absolute atomic E-state index is 1.18. The summed E-state index contributed by atoms with van der Waals surface area (Å²) in [6.45, 7) is 2.16. The van der Waals surface area contributed by atoms with Gasteiger partial charge >= 0.3 is 0 Å². The van der Waals surface area contributed by atoms with E-state index in [1.807, 2.05) is 0 Å². The Morgan fingerprint density at radius 3 is 2.60 bits per heavy atom. The standard InChI is InChI=1S/C5H7/c1-2-5-3-4-5/h2-3H2,1H3. The van der Waals surface area contributed by atoms with Crippen LogP contribution in [0.1, 0.15) is 19.8 Å². The first kappa shape index (κ1) is 3.20. The van der Waals surface area contributed by atoms with E-state index in [2.05, 4.69) is 13.3 Å². The summed E-state index contributed by atoms with van der Waals surface area (Å²) >= 11 is 0. The first-order valence-electron chi connectivity index (χ1n) is 2.02. The van der Waals surface area contributed by atoms with Gasteiger partial charge in [0.25, 0.3) is 0 Å². The van der Waals surface area contributed by atoms with Gasteiger partial charge in [-0.2, -0.15) is 0 Å². The van der Waals surface area contributed by atoms with Gasteiger partial charge < -0.3 is 0 Å². The average molecular weight is 67.1 g/mol. The van der Waals surface area contributed by atoms with Crippen LogP contribution in [0.2, 0.25) is 0 Å². The van der Waals surface area contributed by atoms with Crippen LogP contribution in [0.5, 0.6) is 0 Å². The fraction of sp³-hybridized carbons (Fsp3) is 0.600. The van der Waals surface area contributed by atoms with Crippen molar-refractivity contribution in [1.29, 1.82) is 0 Å². The molecule has 27 valence electrons. The molecule has 1 saturated carbocycles. The zero-order chi connectivity index (χ0) is 3.70. The highest BCUT2D eigenvalue weighted by Crippen LogP contribution is 2.32. The van der Waals surface area contributed by atoms with E-state index < -0.39 is 0 Å². The highest BCUT2D eigenvalue weighted by molar-refractivity contribution is 5.21. The van der Waals surface area contributed by atoms with Crippen LogP contribution in [0, 0.1) is 12.3 Å². The molecule has 0 aromatic heterocycles. The highest BCUT2D eigenvalue weighted by Gasteiger charge is 2.19. The molecule has 3 radical (unpaired) electrons. The topological polar surface area (TPSA) is 0 Å². The third-order valence-electron chi connectivity index (χ3n) is 0.854. The second kappa shape index (κ2) is 1.00. The quantitative estimate of drug-likeness (QED) is 0.435. The zero-order valence-electron chi connectivity index (χ0n) is 3.41. The van der Waals surface area contributed by atoms with Crippen LogP contribution < -0.4 is 0 Å². The Labute approximate surface area is 33.2 Å². The molecule has 0 unspecified atom stereocenters. The minimum atomic E-state index is 1.18. The van der Waals surface area contributed by atoms with Gasteiger partial charge in [0.1, 0.15) is 0 Å². The maximum Gasteiger partial charge on any atom is -0.00938 e. The van der Waals surface area contributed by atoms with Crippen LogP contribution in [-0.4, -0.2) is 0 Å². The first-order valence-corrected chi connectivity index (χ1v) is 2.02. The van der Waals surface area contributed by atoms with E-state index in [4.69, 9.17) is 0 Å². The molecule has 0 aromatic rings. The van der Waals surface area contributed by atoms with Crippen molar-refractivity contribution in [3.63, 3.8) is 0 Å². The molecule has 0 heteroatoms. The third kappa shape index (κ3) is 0.640. The van der Waals surface area contributed by atoms with Crippen LogP contribution in [0.25, 0.3) is 0 Å². The summed E-state index contributed by atoms with van der Waals surface area (Å²) in [5, 5.41) is 0. The van der Waals surface area contributed by atoms with Crippen molar-refractivity contribution in [2.45, 2.75) is 19.8 Å². The molecule has 0 aliphatic heterocycles. The lowest BCUT2D eigenvalue weighted by molar-refractivity contribution is 1.08. The van der Waals surface area contributed by atoms with Crippen LogP contribution in [0.3, 0.4) is 0 Å². The van der Waals surface area contributed by atoms with Crippen molar-refractivity contribution in [2.75, 3.05) is 0 Å². The number of hydrogen-bond acceptors (Lipinski definition) is 0. The third-order valence-corrected chi connectivity index (χ3v) is 0.854. The molecule has 0 bridgehead atoms. The van der Waals surface area contributed by atoms with Gasteiger partial charge in [0.05, 0.1) is 0 Å². The number of rotatable bonds is 1. The Balaban J connectivity index is 2.00. The summed E-state index contributed by atoms with van der Waals surface area (Å²) in [6.07, 6.45) is 5.50. The Morgan fingerprint density at radius 2 is 2.60 bits per heavy atom. The van der Waals surface area contributed by atoms with Crippen LogP contribution >= 0.6 is 0 Å². The second-order valence-electron chi connectivity index (χ2n) is 1.31. The summed E-state index contributed by atoms with van der Waals surface area (Å²) < 4.78 is 0. The van der Waals surface area contributed by atoms with Gasteiger partial charge in [-0.1, -0.05) is 6.92 Å². The number of hydrogen-bond donors (Lipinski definition) is 0. The molecule has 0 nitrogen and oxygen atoms in total. The van der Waals surface area contributed by atoms with Gasteiger partial charge in [-0.25, -0.2) is 0 Å². The van der Waals surface area contributed by atoms with Gasteiger partial charge in [-0.05, 0) is 25.2 Å². The lowest BCUT2D eigenvalue weighted by atomic mass is 10.3. The lowest BCUT2D eigenvalue weighted by Crippen LogP contribution is -1.56. The van der Waals surface area contributed by atoms with Crippen molar-refractivity contribution >= 4 is 0 Å². The zero-order valence-corrected chi connectivity index (χ0v) is 3.41. The van der Waals surface area contributed by atoms with Gasteiger partial charge in [0.15, 0.2) is 0 Å². The summed E-state index contributed by atoms with van der Waals surface area (Å²) in [6, 6.07) is 0. The maximum absolute atomic E-state index is 3.10. The second-order valence-corrected chi connectivity index (χ2v) is 1.31. The summed E-state index contributed by atoms with van der Waals surface area (Å²) in [5.41, 5.74) is 0. The molecule has 5 heavy (non-hydrogen) atoms. The summed E-state index contributed by atoms with van der Waals surface area (Å²) in [7, 11) is 0. The van der Waals surface area contributed by atoms with Gasteiger partial charge in [0.2, 0.25) is 0 Å². The van der Waals surface area contributed by atoms with Crippen molar-refractivity contribution in [1.82, 2.24) is 0 Å². The molecule has 1 rings (SSSR count). The maximum atomic E-state index is 3.10. The van der Waals surface area contributed by atoms with Crippen molar-refractivity contribution in [2.24, 2.45) is 0 Å². The predicted molar refractivity (Wildman–Crippen MR) is 21.4 cm³/mol. The van der Waals surface area contributed by atoms with Crippen LogP contribution in [0.4, 0.5) is 0 Å². The smallest absolute Gasteiger partial charge is 0.00938 e. The molecule has 1 fully saturated rings. The van der Waals surface area contributed by atoms with Crippen molar-refractivity contribution in [3.8, 4) is 0 Å². The monoisotopic (exact) mass is 67.1 g/mol. The highest BCUT2D eigenvalue weighted by atomic mass is 14.2. The van der Waals surface area contributed by atoms with Crippen molar-refractivity contribution in [3.05, 3.63) is 12.3 Å². The molecule has 0 heterocycles. The van der Waals surface area contributed by atoms with Gasteiger partial charge in [0, 0.05) is 0 Å². The minimum Gasteiger partial charge on any atom is -0.0648 e. The molecule has 0 saturated heterocycles. The van der Waals surface area contributed by atoms with Gasteiger partial charge in [-0.3, -0.25) is 0 Å². The molecule has 1 aliphatic rings. The summed E-state index contributed by atoms with van der Waals surface area (Å²) in [5.74, 6) is 1.50. The Morgan fingerprint density at radius 1 is 2.00 bits per heavy atom. The van der Waals surface area contributed by atoms with E-state index in [1.54, 1.807) is 0 Å². The molecule has 0 spiro atoms. The van der Waals surface area contributed by atoms with Gasteiger partial charge in [-0.15, -0.1) is 0 Å². The largest absolute Gasteiger partial charge is 0.0648 e. The average Bonchev–Trinajstić information content (AvgIpc) is 2.12.